The largest absolute Gasteiger partial charge is 0.489 e. The molecule has 0 aliphatic rings. The zero-order valence-corrected chi connectivity index (χ0v) is 7.50. The maximum Gasteiger partial charge on any atom is 0.279 e. The second-order valence-corrected chi connectivity index (χ2v) is 2.70. The van der Waals surface area contributed by atoms with Gasteiger partial charge in [-0.1, -0.05) is 4.88 Å². The van der Waals surface area contributed by atoms with Crippen LogP contribution in [0.25, 0.3) is 0 Å². The van der Waals surface area contributed by atoms with Crippen molar-refractivity contribution in [1.82, 2.24) is 4.98 Å². The van der Waals surface area contributed by atoms with Crippen LogP contribution in [0, 0.1) is 13.1 Å². The van der Waals surface area contributed by atoms with Gasteiger partial charge in [0.1, 0.15) is 0 Å². The van der Waals surface area contributed by atoms with Crippen LogP contribution < -0.4 is 0 Å². The zero-order chi connectivity index (χ0) is 6.85. The Morgan fingerprint density at radius 2 is 2.40 bits per heavy atom. The number of carboxylic acid groups (broad SMARTS) is 1. The van der Waals surface area contributed by atoms with Gasteiger partial charge in [-0.05, 0) is 6.92 Å². The van der Waals surface area contributed by atoms with E-state index in [1.165, 1.54) is 0 Å². The first-order valence-electron chi connectivity index (χ1n) is 2.28. The van der Waals surface area contributed by atoms with Gasteiger partial charge in [-0.3, -0.25) is 4.79 Å². The van der Waals surface area contributed by atoms with Gasteiger partial charge in [0.25, 0.3) is 5.97 Å². The van der Waals surface area contributed by atoms with E-state index in [1.807, 2.05) is 0 Å². The zero-order valence-electron chi connectivity index (χ0n) is 5.04. The molecule has 0 atom stereocenters. The standard InChI is InChI=1S/C5H4NO2S.Rh/c1-3-2-6-4(9-3)5(7)8;/h1H3,(H,7,8);/q-1;. The Hall–Kier alpha value is -0.277. The SMILES string of the molecule is Cc1[c-]nc(C(=O)O)s1.[Rh]. The quantitative estimate of drug-likeness (QED) is 0.591. The molecule has 1 aromatic rings. The van der Waals surface area contributed by atoms with Crippen LogP contribution in [0.1, 0.15) is 14.7 Å². The molecule has 0 spiro atoms. The number of carbonyl (C=O) groups is 1. The van der Waals surface area contributed by atoms with Gasteiger partial charge in [0.2, 0.25) is 0 Å². The molecule has 0 fully saturated rings. The summed E-state index contributed by atoms with van der Waals surface area (Å²) in [5, 5.41) is 8.43. The Morgan fingerprint density at radius 3 is 2.60 bits per heavy atom. The van der Waals surface area contributed by atoms with E-state index in [0.717, 1.165) is 16.2 Å². The summed E-state index contributed by atoms with van der Waals surface area (Å²) < 4.78 is 0. The summed E-state index contributed by atoms with van der Waals surface area (Å²) >= 11 is 1.13. The molecule has 3 nitrogen and oxygen atoms in total. The van der Waals surface area contributed by atoms with Gasteiger partial charge in [0, 0.05) is 24.5 Å². The summed E-state index contributed by atoms with van der Waals surface area (Å²) in [6, 6.07) is 0. The summed E-state index contributed by atoms with van der Waals surface area (Å²) in [5.74, 6) is -0.982. The number of aromatic nitrogens is 1. The van der Waals surface area contributed by atoms with Gasteiger partial charge in [-0.25, -0.2) is 11.3 Å². The molecule has 0 amide bonds. The molecule has 0 aliphatic carbocycles. The fraction of sp³-hybridized carbons (Fsp3) is 0.200. The van der Waals surface area contributed by atoms with Gasteiger partial charge in [0.15, 0.2) is 0 Å². The molecule has 1 N–H and O–H groups in total. The van der Waals surface area contributed by atoms with Crippen LogP contribution in [0.2, 0.25) is 0 Å². The molecule has 0 bridgehead atoms. The fourth-order valence-corrected chi connectivity index (χ4v) is 0.972. The van der Waals surface area contributed by atoms with Crippen molar-refractivity contribution in [2.75, 3.05) is 0 Å². The third kappa shape index (κ3) is 2.16. The third-order valence-corrected chi connectivity index (χ3v) is 1.60. The van der Waals surface area contributed by atoms with E-state index in [-0.39, 0.29) is 24.5 Å². The second kappa shape index (κ2) is 3.79. The van der Waals surface area contributed by atoms with E-state index in [1.54, 1.807) is 6.92 Å². The Bertz CT molecular complexity index is 235. The van der Waals surface area contributed by atoms with Crippen LogP contribution >= 0.6 is 11.3 Å². The number of carboxylic acids is 1. The number of rotatable bonds is 1. The van der Waals surface area contributed by atoms with Crippen LogP contribution in [-0.4, -0.2) is 16.1 Å². The molecule has 5 heteroatoms. The molecule has 1 aromatic heterocycles. The van der Waals surface area contributed by atoms with Crippen molar-refractivity contribution in [3.05, 3.63) is 16.1 Å². The first kappa shape index (κ1) is 9.72. The molecule has 0 aromatic carbocycles. The smallest absolute Gasteiger partial charge is 0.279 e. The van der Waals surface area contributed by atoms with E-state index >= 15 is 0 Å². The van der Waals surface area contributed by atoms with Crippen molar-refractivity contribution in [2.45, 2.75) is 6.92 Å². The summed E-state index contributed by atoms with van der Waals surface area (Å²) in [6.07, 6.45) is 2.54. The van der Waals surface area contributed by atoms with Gasteiger partial charge in [-0.2, -0.15) is 0 Å². The van der Waals surface area contributed by atoms with Gasteiger partial charge in [0.05, 0.1) is 0 Å². The number of thiazole rings is 1. The molecule has 1 rings (SSSR count). The average molecular weight is 245 g/mol. The first-order valence-corrected chi connectivity index (χ1v) is 3.10. The van der Waals surface area contributed by atoms with Crippen LogP contribution in [0.3, 0.4) is 0 Å². The Kier molecular flexibility index (Phi) is 3.68. The molecule has 0 aliphatic heterocycles. The molecule has 10 heavy (non-hydrogen) atoms. The number of hydrogen-bond acceptors (Lipinski definition) is 3. The topological polar surface area (TPSA) is 50.2 Å². The number of aryl methyl sites for hydroxylation is 1. The van der Waals surface area contributed by atoms with E-state index < -0.39 is 5.97 Å². The van der Waals surface area contributed by atoms with E-state index in [4.69, 9.17) is 5.11 Å². The molecule has 0 saturated carbocycles. The number of nitrogens with zero attached hydrogens (tertiary/aromatic N) is 1. The van der Waals surface area contributed by atoms with Crippen LogP contribution in [-0.2, 0) is 19.5 Å². The summed E-state index contributed by atoms with van der Waals surface area (Å²) in [7, 11) is 0. The molecule has 1 radical (unpaired) electrons. The van der Waals surface area contributed by atoms with Crippen molar-refractivity contribution in [1.29, 1.82) is 0 Å². The monoisotopic (exact) mass is 245 g/mol. The Labute approximate surface area is 74.9 Å². The van der Waals surface area contributed by atoms with Crippen molar-refractivity contribution < 1.29 is 29.4 Å². The minimum absolute atomic E-state index is 0. The average Bonchev–Trinajstić information content (AvgIpc) is 2.14. The van der Waals surface area contributed by atoms with Crippen LogP contribution in [0.15, 0.2) is 0 Å². The molecular formula is C5H4NO2RhS-. The van der Waals surface area contributed by atoms with E-state index in [0.29, 0.717) is 0 Å². The number of aromatic carboxylic acids is 1. The third-order valence-electron chi connectivity index (χ3n) is 0.748. The summed E-state index contributed by atoms with van der Waals surface area (Å²) in [6.45, 7) is 1.77. The van der Waals surface area contributed by atoms with E-state index in [9.17, 15) is 4.79 Å². The molecule has 0 unspecified atom stereocenters. The molecule has 0 saturated heterocycles. The van der Waals surface area contributed by atoms with Crippen molar-refractivity contribution >= 4 is 17.3 Å². The van der Waals surface area contributed by atoms with Gasteiger partial charge < -0.3 is 10.1 Å². The minimum atomic E-state index is -0.982. The maximum atomic E-state index is 10.1. The minimum Gasteiger partial charge on any atom is -0.489 e. The van der Waals surface area contributed by atoms with Gasteiger partial charge in [-0.15, -0.1) is 6.20 Å². The molecular weight excluding hydrogens is 241 g/mol. The van der Waals surface area contributed by atoms with Crippen LogP contribution in [0.4, 0.5) is 0 Å². The normalized spacial score (nSPS) is 8.50. The predicted molar refractivity (Wildman–Crippen MR) is 32.6 cm³/mol. The second-order valence-electron chi connectivity index (χ2n) is 1.49. The molecule has 57 valence electrons. The number of hydrogen-bond donors (Lipinski definition) is 1. The van der Waals surface area contributed by atoms with Crippen molar-refractivity contribution in [3.8, 4) is 0 Å². The molecule has 1 heterocycles. The Balaban J connectivity index is 0.000000810. The van der Waals surface area contributed by atoms with Gasteiger partial charge >= 0.3 is 0 Å². The first-order chi connectivity index (χ1) is 4.20. The van der Waals surface area contributed by atoms with Crippen molar-refractivity contribution in [3.63, 3.8) is 0 Å². The Morgan fingerprint density at radius 1 is 1.80 bits per heavy atom. The predicted octanol–water partition coefficient (Wildman–Crippen LogP) is 0.947. The summed E-state index contributed by atoms with van der Waals surface area (Å²) in [5.41, 5.74) is 0. The maximum absolute atomic E-state index is 10.1. The summed E-state index contributed by atoms with van der Waals surface area (Å²) in [4.78, 5) is 14.4. The van der Waals surface area contributed by atoms with E-state index in [2.05, 4.69) is 11.2 Å². The van der Waals surface area contributed by atoms with Crippen molar-refractivity contribution in [2.24, 2.45) is 0 Å². The van der Waals surface area contributed by atoms with Crippen LogP contribution in [0.5, 0.6) is 0 Å². The fourth-order valence-electron chi connectivity index (χ4n) is 0.412.